The molecule has 166 valence electrons. The van der Waals surface area contributed by atoms with Gasteiger partial charge in [-0.15, -0.1) is 0 Å². The lowest BCUT2D eigenvalue weighted by atomic mass is 9.68. The molecule has 4 heteroatoms. The summed E-state index contributed by atoms with van der Waals surface area (Å²) in [5, 5.41) is 0. The molecule has 4 aromatic rings. The molecule has 0 aromatic heterocycles. The average Bonchev–Trinajstić information content (AvgIpc) is 3.41. The van der Waals surface area contributed by atoms with Crippen LogP contribution in [0.4, 0.5) is 0 Å². The fraction of sp³-hybridized carbons (Fsp3) is 0.133. The molecule has 2 aliphatic rings. The van der Waals surface area contributed by atoms with Gasteiger partial charge in [0.25, 0.3) is 6.47 Å². The summed E-state index contributed by atoms with van der Waals surface area (Å²) in [7, 11) is 1.35. The van der Waals surface area contributed by atoms with Gasteiger partial charge >= 0.3 is 5.97 Å². The van der Waals surface area contributed by atoms with Gasteiger partial charge in [-0.2, -0.15) is 0 Å². The number of rotatable bonds is 5. The Morgan fingerprint density at radius 3 is 1.26 bits per heavy atom. The summed E-state index contributed by atoms with van der Waals surface area (Å²) in [5.41, 5.74) is 6.26. The van der Waals surface area contributed by atoms with Crippen LogP contribution in [0, 0.1) is 0 Å². The SMILES string of the molecule is COC(=O)C(OC=O)(C1c2ccccc2-c2ccccc21)C1c2ccccc2-c2ccccc21. The Kier molecular flexibility index (Phi) is 4.63. The first-order chi connectivity index (χ1) is 16.7. The van der Waals surface area contributed by atoms with Crippen LogP contribution in [-0.4, -0.2) is 25.2 Å². The minimum atomic E-state index is -1.64. The van der Waals surface area contributed by atoms with Gasteiger partial charge in [-0.05, 0) is 44.5 Å². The van der Waals surface area contributed by atoms with Crippen LogP contribution in [0.3, 0.4) is 0 Å². The van der Waals surface area contributed by atoms with E-state index in [0.717, 1.165) is 44.5 Å². The Morgan fingerprint density at radius 2 is 0.971 bits per heavy atom. The van der Waals surface area contributed by atoms with Crippen LogP contribution >= 0.6 is 0 Å². The van der Waals surface area contributed by atoms with Crippen molar-refractivity contribution >= 4 is 12.4 Å². The molecule has 0 aliphatic heterocycles. The third kappa shape index (κ3) is 2.59. The van der Waals surface area contributed by atoms with Crippen molar-refractivity contribution in [2.24, 2.45) is 0 Å². The van der Waals surface area contributed by atoms with E-state index in [-0.39, 0.29) is 0 Å². The second kappa shape index (κ2) is 7.70. The van der Waals surface area contributed by atoms with Crippen molar-refractivity contribution < 1.29 is 19.1 Å². The van der Waals surface area contributed by atoms with Crippen LogP contribution in [0.15, 0.2) is 97.1 Å². The van der Waals surface area contributed by atoms with E-state index in [0.29, 0.717) is 6.47 Å². The van der Waals surface area contributed by atoms with Crippen molar-refractivity contribution in [3.05, 3.63) is 119 Å². The quantitative estimate of drug-likeness (QED) is 0.292. The second-order valence-corrected chi connectivity index (χ2v) is 8.71. The molecule has 0 fully saturated rings. The van der Waals surface area contributed by atoms with Crippen LogP contribution in [0.5, 0.6) is 0 Å². The molecule has 0 N–H and O–H groups in total. The molecule has 2 aliphatic carbocycles. The maximum Gasteiger partial charge on any atom is 0.352 e. The first kappa shape index (κ1) is 20.4. The summed E-state index contributed by atoms with van der Waals surface area (Å²) < 4.78 is 11.5. The number of methoxy groups -OCH3 is 1. The largest absolute Gasteiger partial charge is 0.466 e. The van der Waals surface area contributed by atoms with Crippen LogP contribution in [0.25, 0.3) is 22.3 Å². The monoisotopic (exact) mass is 446 g/mol. The highest BCUT2D eigenvalue weighted by molar-refractivity contribution is 5.93. The number of carbonyl (C=O) groups is 2. The Morgan fingerprint density at radius 1 is 0.647 bits per heavy atom. The topological polar surface area (TPSA) is 52.6 Å². The molecular weight excluding hydrogens is 424 g/mol. The van der Waals surface area contributed by atoms with Gasteiger partial charge in [-0.25, -0.2) is 4.79 Å². The van der Waals surface area contributed by atoms with Gasteiger partial charge in [0.2, 0.25) is 5.60 Å². The Labute approximate surface area is 197 Å². The van der Waals surface area contributed by atoms with Crippen molar-refractivity contribution in [3.8, 4) is 22.3 Å². The third-order valence-electron chi connectivity index (χ3n) is 7.27. The van der Waals surface area contributed by atoms with Gasteiger partial charge in [0.15, 0.2) is 0 Å². The summed E-state index contributed by atoms with van der Waals surface area (Å²) in [6.45, 7) is 0.393. The van der Waals surface area contributed by atoms with E-state index in [1.54, 1.807) is 0 Å². The summed E-state index contributed by atoms with van der Waals surface area (Å²) in [5.74, 6) is -1.66. The highest BCUT2D eigenvalue weighted by atomic mass is 16.6. The van der Waals surface area contributed by atoms with E-state index < -0.39 is 23.4 Å². The Bertz CT molecular complexity index is 1250. The van der Waals surface area contributed by atoms with Crippen molar-refractivity contribution in [1.29, 1.82) is 0 Å². The average molecular weight is 447 g/mol. The van der Waals surface area contributed by atoms with Crippen LogP contribution in [0.2, 0.25) is 0 Å². The number of esters is 1. The maximum atomic E-state index is 13.9. The lowest BCUT2D eigenvalue weighted by Crippen LogP contribution is -2.52. The predicted octanol–water partition coefficient (Wildman–Crippen LogP) is 5.70. The molecule has 0 saturated carbocycles. The molecule has 0 heterocycles. The molecule has 0 unspecified atom stereocenters. The molecular formula is C30H22O4. The third-order valence-corrected chi connectivity index (χ3v) is 7.27. The predicted molar refractivity (Wildman–Crippen MR) is 129 cm³/mol. The molecule has 0 radical (unpaired) electrons. The normalized spacial score (nSPS) is 14.0. The van der Waals surface area contributed by atoms with Gasteiger partial charge in [-0.3, -0.25) is 4.79 Å². The first-order valence-corrected chi connectivity index (χ1v) is 11.3. The Hall–Kier alpha value is -4.18. The smallest absolute Gasteiger partial charge is 0.352 e. The zero-order valence-electron chi connectivity index (χ0n) is 18.6. The van der Waals surface area contributed by atoms with E-state index in [4.69, 9.17) is 9.47 Å². The minimum absolute atomic E-state index is 0.393. The summed E-state index contributed by atoms with van der Waals surface area (Å²) >= 11 is 0. The number of hydrogen-bond donors (Lipinski definition) is 0. The van der Waals surface area contributed by atoms with Crippen LogP contribution in [-0.2, 0) is 19.1 Å². The van der Waals surface area contributed by atoms with E-state index in [1.807, 2.05) is 97.1 Å². The van der Waals surface area contributed by atoms with Gasteiger partial charge in [0.05, 0.1) is 18.9 Å². The highest BCUT2D eigenvalue weighted by Crippen LogP contribution is 2.60. The van der Waals surface area contributed by atoms with E-state index in [9.17, 15) is 9.59 Å². The van der Waals surface area contributed by atoms with Crippen LogP contribution in [0.1, 0.15) is 34.1 Å². The molecule has 0 spiro atoms. The summed E-state index contributed by atoms with van der Waals surface area (Å²) in [6, 6.07) is 32.0. The van der Waals surface area contributed by atoms with Gasteiger partial charge in [-0.1, -0.05) is 97.1 Å². The zero-order chi connectivity index (χ0) is 23.3. The fourth-order valence-corrected chi connectivity index (χ4v) is 6.06. The van der Waals surface area contributed by atoms with Crippen molar-refractivity contribution in [3.63, 3.8) is 0 Å². The molecule has 6 rings (SSSR count). The fourth-order valence-electron chi connectivity index (χ4n) is 6.06. The van der Waals surface area contributed by atoms with E-state index in [2.05, 4.69) is 0 Å². The van der Waals surface area contributed by atoms with E-state index >= 15 is 0 Å². The number of fused-ring (bicyclic) bond motifs is 6. The lowest BCUT2D eigenvalue weighted by Gasteiger charge is -2.40. The standard InChI is InChI=1S/C30H22O4/c1-33-29(32)30(34-18-31,27-23-14-6-2-10-19(23)20-11-3-7-15-24(20)27)28-25-16-8-4-12-21(25)22-13-5-9-17-26(22)28/h2-18,27-28H,1H3. The van der Waals surface area contributed by atoms with Crippen molar-refractivity contribution in [1.82, 2.24) is 0 Å². The molecule has 0 saturated heterocycles. The Balaban J connectivity index is 1.72. The molecule has 34 heavy (non-hydrogen) atoms. The maximum absolute atomic E-state index is 13.9. The first-order valence-electron chi connectivity index (χ1n) is 11.3. The van der Waals surface area contributed by atoms with Gasteiger partial charge < -0.3 is 9.47 Å². The minimum Gasteiger partial charge on any atom is -0.466 e. The molecule has 4 aromatic carbocycles. The molecule has 0 bridgehead atoms. The molecule has 0 amide bonds. The number of ether oxygens (including phenoxy) is 2. The number of benzene rings is 4. The van der Waals surface area contributed by atoms with Crippen molar-refractivity contribution in [2.45, 2.75) is 17.4 Å². The lowest BCUT2D eigenvalue weighted by molar-refractivity contribution is -0.177. The molecule has 0 atom stereocenters. The molecule has 4 nitrogen and oxygen atoms in total. The van der Waals surface area contributed by atoms with Gasteiger partial charge in [0, 0.05) is 0 Å². The highest BCUT2D eigenvalue weighted by Gasteiger charge is 2.61. The summed E-state index contributed by atoms with van der Waals surface area (Å²) in [6.07, 6.45) is 0. The number of carbonyl (C=O) groups excluding carboxylic acids is 2. The second-order valence-electron chi connectivity index (χ2n) is 8.71. The van der Waals surface area contributed by atoms with E-state index in [1.165, 1.54) is 7.11 Å². The zero-order valence-corrected chi connectivity index (χ0v) is 18.6. The summed E-state index contributed by atoms with van der Waals surface area (Å²) in [4.78, 5) is 26.1. The van der Waals surface area contributed by atoms with Gasteiger partial charge in [0.1, 0.15) is 0 Å². The van der Waals surface area contributed by atoms with Crippen molar-refractivity contribution in [2.75, 3.05) is 7.11 Å². The number of hydrogen-bond acceptors (Lipinski definition) is 4. The van der Waals surface area contributed by atoms with Crippen LogP contribution < -0.4 is 0 Å².